The Balaban J connectivity index is 1.31. The van der Waals surface area contributed by atoms with Gasteiger partial charge in [-0.3, -0.25) is 4.79 Å². The zero-order valence-electron chi connectivity index (χ0n) is 17.3. The number of nitrogens with one attached hydrogen (secondary N) is 2. The van der Waals surface area contributed by atoms with E-state index in [9.17, 15) is 9.18 Å². The van der Waals surface area contributed by atoms with Crippen LogP contribution in [0.2, 0.25) is 0 Å². The highest BCUT2D eigenvalue weighted by atomic mass is 19.1. The second kappa shape index (κ2) is 10.2. The molecule has 2 heterocycles. The number of piperidine rings is 1. The maximum absolute atomic E-state index is 14.6. The minimum atomic E-state index is -0.550. The Bertz CT molecular complexity index is 1000. The van der Waals surface area contributed by atoms with Crippen molar-refractivity contribution in [2.45, 2.75) is 25.7 Å². The monoisotopic (exact) mass is 423 g/mol. The van der Waals surface area contributed by atoms with Gasteiger partial charge in [-0.15, -0.1) is 5.10 Å². The summed E-state index contributed by atoms with van der Waals surface area (Å²) >= 11 is 0. The number of rotatable bonds is 8. The molecule has 0 radical (unpaired) electrons. The summed E-state index contributed by atoms with van der Waals surface area (Å²) in [4.78, 5) is 14.7. The molecule has 4 rings (SSSR count). The number of halogens is 1. The Morgan fingerprint density at radius 3 is 2.65 bits per heavy atom. The van der Waals surface area contributed by atoms with Gasteiger partial charge in [0.25, 0.3) is 11.8 Å². The van der Waals surface area contributed by atoms with Gasteiger partial charge in [0, 0.05) is 17.8 Å². The third-order valence-electron chi connectivity index (χ3n) is 5.29. The van der Waals surface area contributed by atoms with Crippen molar-refractivity contribution in [3.8, 4) is 11.5 Å². The van der Waals surface area contributed by atoms with Crippen LogP contribution >= 0.6 is 0 Å². The van der Waals surface area contributed by atoms with E-state index < -0.39 is 5.82 Å². The SMILES string of the molecule is O=C(Nc1ccc(-c2nnc(NCCCN3CCCCC3)o2)c(F)c1)c1ccccc1. The van der Waals surface area contributed by atoms with Crippen molar-refractivity contribution in [3.63, 3.8) is 0 Å². The van der Waals surface area contributed by atoms with Gasteiger partial charge >= 0.3 is 6.01 Å². The van der Waals surface area contributed by atoms with Gasteiger partial charge in [-0.1, -0.05) is 29.7 Å². The second-order valence-corrected chi connectivity index (χ2v) is 7.61. The van der Waals surface area contributed by atoms with Crippen LogP contribution < -0.4 is 10.6 Å². The van der Waals surface area contributed by atoms with Gasteiger partial charge in [-0.05, 0) is 69.2 Å². The fourth-order valence-corrected chi connectivity index (χ4v) is 3.64. The first-order valence-corrected chi connectivity index (χ1v) is 10.6. The lowest BCUT2D eigenvalue weighted by Crippen LogP contribution is -2.31. The smallest absolute Gasteiger partial charge is 0.315 e. The van der Waals surface area contributed by atoms with E-state index in [1.165, 1.54) is 44.5 Å². The van der Waals surface area contributed by atoms with E-state index in [0.717, 1.165) is 13.0 Å². The van der Waals surface area contributed by atoms with E-state index in [2.05, 4.69) is 25.7 Å². The molecule has 31 heavy (non-hydrogen) atoms. The molecule has 2 aromatic carbocycles. The van der Waals surface area contributed by atoms with Crippen LogP contribution in [0.1, 0.15) is 36.0 Å². The van der Waals surface area contributed by atoms with Gasteiger partial charge in [0.2, 0.25) is 0 Å². The van der Waals surface area contributed by atoms with E-state index in [1.54, 1.807) is 30.3 Å². The van der Waals surface area contributed by atoms with Gasteiger partial charge in [0.1, 0.15) is 5.82 Å². The van der Waals surface area contributed by atoms with Crippen LogP contribution in [-0.2, 0) is 0 Å². The first kappa shape index (κ1) is 21.0. The third kappa shape index (κ3) is 5.67. The lowest BCUT2D eigenvalue weighted by molar-refractivity contribution is 0.102. The summed E-state index contributed by atoms with van der Waals surface area (Å²) in [6.45, 7) is 4.10. The minimum Gasteiger partial charge on any atom is -0.403 e. The molecule has 1 aliphatic heterocycles. The van der Waals surface area contributed by atoms with Gasteiger partial charge in [0.05, 0.1) is 5.56 Å². The summed E-state index contributed by atoms with van der Waals surface area (Å²) in [5.74, 6) is -0.760. The number of likely N-dealkylation sites (tertiary alicyclic amines) is 1. The maximum Gasteiger partial charge on any atom is 0.315 e. The molecule has 0 unspecified atom stereocenters. The van der Waals surface area contributed by atoms with E-state index in [-0.39, 0.29) is 23.4 Å². The molecule has 7 nitrogen and oxygen atoms in total. The Labute approximate surface area is 180 Å². The molecule has 0 spiro atoms. The number of hydrogen-bond acceptors (Lipinski definition) is 6. The van der Waals surface area contributed by atoms with Crippen LogP contribution in [-0.4, -0.2) is 47.2 Å². The highest BCUT2D eigenvalue weighted by Gasteiger charge is 2.15. The van der Waals surface area contributed by atoms with Crippen molar-refractivity contribution in [2.24, 2.45) is 0 Å². The highest BCUT2D eigenvalue weighted by molar-refractivity contribution is 6.04. The molecular weight excluding hydrogens is 397 g/mol. The molecule has 3 aromatic rings. The van der Waals surface area contributed by atoms with Crippen molar-refractivity contribution < 1.29 is 13.6 Å². The molecule has 1 amide bonds. The first-order valence-electron chi connectivity index (χ1n) is 10.6. The maximum atomic E-state index is 14.6. The van der Waals surface area contributed by atoms with Crippen molar-refractivity contribution in [1.82, 2.24) is 15.1 Å². The first-order chi connectivity index (χ1) is 15.2. The van der Waals surface area contributed by atoms with E-state index in [1.807, 2.05) is 6.07 Å². The fourth-order valence-electron chi connectivity index (χ4n) is 3.64. The summed E-state index contributed by atoms with van der Waals surface area (Å²) in [6, 6.07) is 13.4. The summed E-state index contributed by atoms with van der Waals surface area (Å²) in [5, 5.41) is 13.7. The van der Waals surface area contributed by atoms with Crippen molar-refractivity contribution >= 4 is 17.6 Å². The second-order valence-electron chi connectivity index (χ2n) is 7.61. The summed E-state index contributed by atoms with van der Waals surface area (Å²) < 4.78 is 20.2. The number of aromatic nitrogens is 2. The Kier molecular flexibility index (Phi) is 6.89. The lowest BCUT2D eigenvalue weighted by Gasteiger charge is -2.26. The Morgan fingerprint density at radius 2 is 1.87 bits per heavy atom. The number of benzene rings is 2. The summed E-state index contributed by atoms with van der Waals surface area (Å²) in [5.41, 5.74) is 1.04. The predicted molar refractivity (Wildman–Crippen MR) is 117 cm³/mol. The van der Waals surface area contributed by atoms with Crippen LogP contribution in [0.15, 0.2) is 52.9 Å². The molecular formula is C23H26FN5O2. The topological polar surface area (TPSA) is 83.3 Å². The van der Waals surface area contributed by atoms with E-state index >= 15 is 0 Å². The van der Waals surface area contributed by atoms with Crippen LogP contribution in [0, 0.1) is 5.82 Å². The summed E-state index contributed by atoms with van der Waals surface area (Å²) in [6.07, 6.45) is 4.86. The largest absolute Gasteiger partial charge is 0.403 e. The molecule has 0 atom stereocenters. The standard InChI is InChI=1S/C23H26FN5O2/c24-20-16-18(26-21(30)17-8-3-1-4-9-17)10-11-19(20)22-27-28-23(31-22)25-12-7-15-29-13-5-2-6-14-29/h1,3-4,8-11,16H,2,5-7,12-15H2,(H,25,28)(H,26,30). The van der Waals surface area contributed by atoms with E-state index in [4.69, 9.17) is 4.42 Å². The molecule has 0 saturated carbocycles. The molecule has 0 aliphatic carbocycles. The van der Waals surface area contributed by atoms with Gasteiger partial charge in [-0.2, -0.15) is 0 Å². The van der Waals surface area contributed by atoms with Crippen LogP contribution in [0.3, 0.4) is 0 Å². The predicted octanol–water partition coefficient (Wildman–Crippen LogP) is 4.42. The Morgan fingerprint density at radius 1 is 1.06 bits per heavy atom. The average molecular weight is 423 g/mol. The number of carbonyl (C=O) groups is 1. The van der Waals surface area contributed by atoms with Crippen molar-refractivity contribution in [1.29, 1.82) is 0 Å². The molecule has 2 N–H and O–H groups in total. The number of hydrogen-bond donors (Lipinski definition) is 2. The lowest BCUT2D eigenvalue weighted by atomic mass is 10.1. The van der Waals surface area contributed by atoms with Crippen molar-refractivity contribution in [2.75, 3.05) is 36.8 Å². The molecule has 8 heteroatoms. The zero-order valence-corrected chi connectivity index (χ0v) is 17.3. The quantitative estimate of drug-likeness (QED) is 0.522. The normalized spacial score (nSPS) is 14.4. The van der Waals surface area contributed by atoms with Crippen LogP contribution in [0.25, 0.3) is 11.5 Å². The van der Waals surface area contributed by atoms with Gasteiger partial charge in [0.15, 0.2) is 0 Å². The molecule has 1 fully saturated rings. The van der Waals surface area contributed by atoms with Crippen molar-refractivity contribution in [3.05, 3.63) is 59.9 Å². The average Bonchev–Trinajstić information content (AvgIpc) is 3.27. The van der Waals surface area contributed by atoms with Gasteiger partial charge in [-0.25, -0.2) is 4.39 Å². The number of anilines is 2. The summed E-state index contributed by atoms with van der Waals surface area (Å²) in [7, 11) is 0. The molecule has 0 bridgehead atoms. The third-order valence-corrected chi connectivity index (χ3v) is 5.29. The minimum absolute atomic E-state index is 0.0944. The molecule has 1 saturated heterocycles. The number of amides is 1. The number of nitrogens with zero attached hydrogens (tertiary/aromatic N) is 3. The molecule has 1 aromatic heterocycles. The Hall–Kier alpha value is -3.26. The van der Waals surface area contributed by atoms with Gasteiger partial charge < -0.3 is 20.0 Å². The fraction of sp³-hybridized carbons (Fsp3) is 0.348. The zero-order chi connectivity index (χ0) is 21.5. The molecule has 162 valence electrons. The highest BCUT2D eigenvalue weighted by Crippen LogP contribution is 2.25. The van der Waals surface area contributed by atoms with Crippen LogP contribution in [0.4, 0.5) is 16.1 Å². The van der Waals surface area contributed by atoms with E-state index in [0.29, 0.717) is 17.8 Å². The van der Waals surface area contributed by atoms with Crippen LogP contribution in [0.5, 0.6) is 0 Å². The number of carbonyl (C=O) groups excluding carboxylic acids is 1. The molecule has 1 aliphatic rings.